The van der Waals surface area contributed by atoms with Gasteiger partial charge in [0.1, 0.15) is 9.84 Å². The third-order valence-electron chi connectivity index (χ3n) is 2.34. The van der Waals surface area contributed by atoms with Crippen LogP contribution in [0.1, 0.15) is 19.8 Å². The highest BCUT2D eigenvalue weighted by atomic mass is 32.2. The summed E-state index contributed by atoms with van der Waals surface area (Å²) in [6, 6.07) is 0.0709. The predicted molar refractivity (Wildman–Crippen MR) is 67.2 cm³/mol. The fourth-order valence-corrected chi connectivity index (χ4v) is 3.55. The van der Waals surface area contributed by atoms with Crippen LogP contribution in [0.25, 0.3) is 0 Å². The molecule has 0 aromatic rings. The molecule has 1 aliphatic carbocycles. The van der Waals surface area contributed by atoms with E-state index in [0.717, 1.165) is 18.2 Å². The Bertz CT molecular complexity index is 273. The highest BCUT2D eigenvalue weighted by molar-refractivity contribution is 7.99. The summed E-state index contributed by atoms with van der Waals surface area (Å²) in [6.45, 7) is 2.83. The largest absolute Gasteiger partial charge is 0.312 e. The fraction of sp³-hybridized carbons (Fsp3) is 1.00. The molecule has 0 amide bonds. The van der Waals surface area contributed by atoms with E-state index in [9.17, 15) is 8.42 Å². The van der Waals surface area contributed by atoms with Crippen LogP contribution >= 0.6 is 11.8 Å². The Morgan fingerprint density at radius 3 is 2.67 bits per heavy atom. The molecule has 1 rings (SSSR count). The maximum absolute atomic E-state index is 11.0. The van der Waals surface area contributed by atoms with E-state index < -0.39 is 9.84 Å². The van der Waals surface area contributed by atoms with Gasteiger partial charge in [0.2, 0.25) is 0 Å². The topological polar surface area (TPSA) is 46.2 Å². The molecule has 1 N–H and O–H groups in total. The van der Waals surface area contributed by atoms with E-state index >= 15 is 0 Å². The lowest BCUT2D eigenvalue weighted by atomic mass is 10.4. The lowest BCUT2D eigenvalue weighted by Gasteiger charge is -2.12. The van der Waals surface area contributed by atoms with Gasteiger partial charge in [0.05, 0.1) is 5.75 Å². The van der Waals surface area contributed by atoms with Crippen LogP contribution in [0.2, 0.25) is 0 Å². The molecule has 1 fully saturated rings. The molecule has 0 radical (unpaired) electrons. The SMILES string of the molecule is CC(CS(C)(=O)=O)NCCSCC1CC1. The first-order chi connectivity index (χ1) is 6.97. The van der Waals surface area contributed by atoms with Gasteiger partial charge in [-0.3, -0.25) is 0 Å². The van der Waals surface area contributed by atoms with Gasteiger partial charge in [-0.05, 0) is 31.4 Å². The van der Waals surface area contributed by atoms with Crippen molar-refractivity contribution in [3.05, 3.63) is 0 Å². The van der Waals surface area contributed by atoms with Crippen LogP contribution < -0.4 is 5.32 Å². The molecule has 3 nitrogen and oxygen atoms in total. The van der Waals surface area contributed by atoms with Gasteiger partial charge in [-0.25, -0.2) is 8.42 Å². The van der Waals surface area contributed by atoms with Crippen molar-refractivity contribution in [2.24, 2.45) is 5.92 Å². The Kier molecular flexibility index (Phi) is 5.43. The number of nitrogens with one attached hydrogen (secondary N) is 1. The van der Waals surface area contributed by atoms with Crippen molar-refractivity contribution in [3.8, 4) is 0 Å². The zero-order chi connectivity index (χ0) is 11.3. The third-order valence-corrected chi connectivity index (χ3v) is 4.65. The van der Waals surface area contributed by atoms with Crippen molar-refractivity contribution >= 4 is 21.6 Å². The van der Waals surface area contributed by atoms with Gasteiger partial charge >= 0.3 is 0 Å². The van der Waals surface area contributed by atoms with Crippen LogP contribution in [0, 0.1) is 5.92 Å². The Labute approximate surface area is 97.3 Å². The van der Waals surface area contributed by atoms with Crippen LogP contribution in [0.3, 0.4) is 0 Å². The number of hydrogen-bond acceptors (Lipinski definition) is 4. The molecular weight excluding hydrogens is 230 g/mol. The lowest BCUT2D eigenvalue weighted by molar-refractivity contribution is 0.572. The molecule has 0 spiro atoms. The Hall–Kier alpha value is 0.260. The summed E-state index contributed by atoms with van der Waals surface area (Å²) in [6.07, 6.45) is 4.10. The second kappa shape index (κ2) is 6.11. The van der Waals surface area contributed by atoms with Gasteiger partial charge in [0, 0.05) is 24.6 Å². The van der Waals surface area contributed by atoms with Crippen LogP contribution in [-0.4, -0.2) is 44.5 Å². The highest BCUT2D eigenvalue weighted by Crippen LogP contribution is 2.32. The van der Waals surface area contributed by atoms with Crippen LogP contribution in [0.15, 0.2) is 0 Å². The lowest BCUT2D eigenvalue weighted by Crippen LogP contribution is -2.34. The smallest absolute Gasteiger partial charge is 0.148 e. The minimum Gasteiger partial charge on any atom is -0.312 e. The van der Waals surface area contributed by atoms with Crippen molar-refractivity contribution in [2.75, 3.05) is 30.1 Å². The standard InChI is InChI=1S/C10H21NO2S2/c1-9(8-15(2,12)13)11-5-6-14-7-10-3-4-10/h9-11H,3-8H2,1-2H3. The summed E-state index contributed by atoms with van der Waals surface area (Å²) < 4.78 is 22.0. The zero-order valence-corrected chi connectivity index (χ0v) is 11.2. The Morgan fingerprint density at radius 1 is 1.47 bits per heavy atom. The predicted octanol–water partition coefficient (Wildman–Crippen LogP) is 1.15. The van der Waals surface area contributed by atoms with E-state index in [0.29, 0.717) is 0 Å². The molecule has 1 saturated carbocycles. The molecule has 5 heteroatoms. The van der Waals surface area contributed by atoms with Crippen LogP contribution in [0.4, 0.5) is 0 Å². The van der Waals surface area contributed by atoms with Gasteiger partial charge in [-0.1, -0.05) is 0 Å². The van der Waals surface area contributed by atoms with E-state index in [-0.39, 0.29) is 11.8 Å². The number of thioether (sulfide) groups is 1. The maximum Gasteiger partial charge on any atom is 0.148 e. The summed E-state index contributed by atoms with van der Waals surface area (Å²) in [4.78, 5) is 0. The van der Waals surface area contributed by atoms with Crippen molar-refractivity contribution in [1.29, 1.82) is 0 Å². The van der Waals surface area contributed by atoms with Crippen molar-refractivity contribution in [1.82, 2.24) is 5.32 Å². The molecular formula is C10H21NO2S2. The number of rotatable bonds is 8. The van der Waals surface area contributed by atoms with Gasteiger partial charge in [-0.15, -0.1) is 0 Å². The summed E-state index contributed by atoms with van der Waals surface area (Å²) in [5.41, 5.74) is 0. The molecule has 0 saturated heterocycles. The molecule has 1 unspecified atom stereocenters. The minimum absolute atomic E-state index is 0.0709. The highest BCUT2D eigenvalue weighted by Gasteiger charge is 2.20. The summed E-state index contributed by atoms with van der Waals surface area (Å²) in [5, 5.41) is 3.23. The first kappa shape index (κ1) is 13.3. The summed E-state index contributed by atoms with van der Waals surface area (Å²) in [7, 11) is -2.84. The van der Waals surface area contributed by atoms with E-state index in [1.54, 1.807) is 0 Å². The van der Waals surface area contributed by atoms with E-state index in [2.05, 4.69) is 5.32 Å². The summed E-state index contributed by atoms with van der Waals surface area (Å²) in [5.74, 6) is 3.58. The normalized spacial score (nSPS) is 19.1. The Balaban J connectivity index is 1.93. The second-order valence-electron chi connectivity index (χ2n) is 4.47. The van der Waals surface area contributed by atoms with Crippen molar-refractivity contribution in [2.45, 2.75) is 25.8 Å². The molecule has 0 heterocycles. The Morgan fingerprint density at radius 2 is 2.13 bits per heavy atom. The first-order valence-electron chi connectivity index (χ1n) is 5.46. The van der Waals surface area contributed by atoms with E-state index in [1.807, 2.05) is 18.7 Å². The fourth-order valence-electron chi connectivity index (χ4n) is 1.43. The van der Waals surface area contributed by atoms with E-state index in [1.165, 1.54) is 24.9 Å². The molecule has 0 aromatic carbocycles. The molecule has 0 bridgehead atoms. The van der Waals surface area contributed by atoms with Gasteiger partial charge < -0.3 is 5.32 Å². The second-order valence-corrected chi connectivity index (χ2v) is 7.80. The molecule has 90 valence electrons. The van der Waals surface area contributed by atoms with Crippen molar-refractivity contribution < 1.29 is 8.42 Å². The zero-order valence-electron chi connectivity index (χ0n) is 9.53. The quantitative estimate of drug-likeness (QED) is 0.658. The average molecular weight is 251 g/mol. The maximum atomic E-state index is 11.0. The van der Waals surface area contributed by atoms with Crippen molar-refractivity contribution in [3.63, 3.8) is 0 Å². The van der Waals surface area contributed by atoms with Crippen LogP contribution in [0.5, 0.6) is 0 Å². The minimum atomic E-state index is -2.84. The number of sulfone groups is 1. The van der Waals surface area contributed by atoms with Gasteiger partial charge in [-0.2, -0.15) is 11.8 Å². The first-order valence-corrected chi connectivity index (χ1v) is 8.68. The molecule has 1 aliphatic rings. The average Bonchev–Trinajstić information content (AvgIpc) is 2.83. The van der Waals surface area contributed by atoms with Gasteiger partial charge in [0.15, 0.2) is 0 Å². The molecule has 1 atom stereocenters. The molecule has 15 heavy (non-hydrogen) atoms. The van der Waals surface area contributed by atoms with Gasteiger partial charge in [0.25, 0.3) is 0 Å². The monoisotopic (exact) mass is 251 g/mol. The third kappa shape index (κ3) is 8.11. The molecule has 0 aliphatic heterocycles. The summed E-state index contributed by atoms with van der Waals surface area (Å²) >= 11 is 1.97. The molecule has 0 aromatic heterocycles. The number of hydrogen-bond donors (Lipinski definition) is 1. The van der Waals surface area contributed by atoms with E-state index in [4.69, 9.17) is 0 Å². The van der Waals surface area contributed by atoms with Crippen LogP contribution in [-0.2, 0) is 9.84 Å².